The van der Waals surface area contributed by atoms with Crippen molar-refractivity contribution in [1.29, 1.82) is 0 Å². The first-order valence-electron chi connectivity index (χ1n) is 15.5. The van der Waals surface area contributed by atoms with Gasteiger partial charge in [-0.3, -0.25) is 4.90 Å². The molecule has 4 rings (SSSR count). The van der Waals surface area contributed by atoms with Crippen molar-refractivity contribution in [3.63, 3.8) is 0 Å². The average Bonchev–Trinajstić information content (AvgIpc) is 3.19. The molecule has 1 aromatic rings. The van der Waals surface area contributed by atoms with Gasteiger partial charge in [-0.05, 0) is 87.4 Å². The number of hydrogen-bond acceptors (Lipinski definition) is 9. The number of nitrogen functional groups attached to an aromatic ring is 1. The molecule has 6 N–H and O–H groups in total. The normalized spacial score (nSPS) is 23.9. The number of nitrogens with one attached hydrogen (secondary N) is 3. The summed E-state index contributed by atoms with van der Waals surface area (Å²) in [4.78, 5) is 22.9. The second kappa shape index (κ2) is 16.6. The summed E-state index contributed by atoms with van der Waals surface area (Å²) in [6.07, 6.45) is 14.6. The zero-order valence-electron chi connectivity index (χ0n) is 23.8. The molecule has 2 heterocycles. The van der Waals surface area contributed by atoms with Crippen LogP contribution >= 0.6 is 8.03 Å². The second-order valence-corrected chi connectivity index (χ2v) is 13.0. The molecular formula is C28H52N8O2P+. The number of anilines is 3. The summed E-state index contributed by atoms with van der Waals surface area (Å²) in [6.45, 7) is 8.48. The van der Waals surface area contributed by atoms with Gasteiger partial charge in [0.2, 0.25) is 5.95 Å². The molecular weight excluding hydrogens is 511 g/mol. The van der Waals surface area contributed by atoms with E-state index in [9.17, 15) is 4.57 Å². The first-order chi connectivity index (χ1) is 19.0. The van der Waals surface area contributed by atoms with Crippen LogP contribution < -0.4 is 26.6 Å². The van der Waals surface area contributed by atoms with Gasteiger partial charge in [0, 0.05) is 51.4 Å². The molecule has 0 radical (unpaired) electrons. The van der Waals surface area contributed by atoms with Crippen molar-refractivity contribution in [2.24, 2.45) is 11.8 Å². The topological polar surface area (TPSA) is 132 Å². The summed E-state index contributed by atoms with van der Waals surface area (Å²) in [6, 6.07) is 2.63. The highest BCUT2D eigenvalue weighted by molar-refractivity contribution is 7.38. The summed E-state index contributed by atoms with van der Waals surface area (Å²) in [5.41, 5.74) is 6.16. The molecule has 3 aliphatic rings. The fourth-order valence-corrected chi connectivity index (χ4v) is 6.81. The second-order valence-electron chi connectivity index (χ2n) is 11.8. The van der Waals surface area contributed by atoms with Gasteiger partial charge in [-0.2, -0.15) is 14.9 Å². The maximum absolute atomic E-state index is 11.1. The zero-order valence-corrected chi connectivity index (χ0v) is 24.7. The predicted molar refractivity (Wildman–Crippen MR) is 161 cm³/mol. The van der Waals surface area contributed by atoms with Crippen LogP contribution in [-0.4, -0.2) is 90.9 Å². The van der Waals surface area contributed by atoms with E-state index in [-0.39, 0.29) is 0 Å². The van der Waals surface area contributed by atoms with Crippen LogP contribution in [0.1, 0.15) is 70.6 Å². The van der Waals surface area contributed by atoms with Crippen LogP contribution in [0.5, 0.6) is 0 Å². The molecule has 2 saturated carbocycles. The minimum atomic E-state index is -2.07. The Morgan fingerprint density at radius 2 is 1.69 bits per heavy atom. The maximum atomic E-state index is 11.1. The van der Waals surface area contributed by atoms with Gasteiger partial charge in [-0.1, -0.05) is 19.3 Å². The first-order valence-corrected chi connectivity index (χ1v) is 16.9. The van der Waals surface area contributed by atoms with Crippen LogP contribution in [0.25, 0.3) is 0 Å². The highest BCUT2D eigenvalue weighted by Gasteiger charge is 2.22. The Hall–Kier alpha value is -1.58. The van der Waals surface area contributed by atoms with Gasteiger partial charge in [-0.15, -0.1) is 0 Å². The molecule has 2 aliphatic carbocycles. The molecule has 0 aromatic carbocycles. The number of hydrogen-bond donors (Lipinski definition) is 5. The van der Waals surface area contributed by atoms with Crippen molar-refractivity contribution < 1.29 is 9.46 Å². The molecule has 1 saturated heterocycles. The number of aromatic nitrogens is 2. The zero-order chi connectivity index (χ0) is 27.3. The van der Waals surface area contributed by atoms with Crippen LogP contribution in [-0.2, 0) is 4.57 Å². The van der Waals surface area contributed by atoms with E-state index in [4.69, 9.17) is 15.6 Å². The average molecular weight is 564 g/mol. The number of nitrogens with zero attached hydrogens (tertiary/aromatic N) is 4. The van der Waals surface area contributed by atoms with Gasteiger partial charge in [0.1, 0.15) is 11.6 Å². The van der Waals surface area contributed by atoms with E-state index in [0.717, 1.165) is 76.6 Å². The van der Waals surface area contributed by atoms with Gasteiger partial charge in [-0.25, -0.2) is 0 Å². The molecule has 39 heavy (non-hydrogen) atoms. The molecule has 3 fully saturated rings. The fourth-order valence-electron chi connectivity index (χ4n) is 6.35. The Morgan fingerprint density at radius 3 is 2.46 bits per heavy atom. The lowest BCUT2D eigenvalue weighted by molar-refractivity contribution is 0.275. The molecule has 0 bridgehead atoms. The molecule has 1 aliphatic heterocycles. The lowest BCUT2D eigenvalue weighted by Gasteiger charge is -2.29. The van der Waals surface area contributed by atoms with E-state index in [0.29, 0.717) is 30.4 Å². The quantitative estimate of drug-likeness (QED) is 0.169. The van der Waals surface area contributed by atoms with Crippen molar-refractivity contribution in [3.8, 4) is 0 Å². The highest BCUT2D eigenvalue weighted by Crippen LogP contribution is 2.29. The number of rotatable bonds is 14. The Balaban J connectivity index is 1.11. The van der Waals surface area contributed by atoms with E-state index < -0.39 is 8.03 Å². The molecule has 1 unspecified atom stereocenters. The van der Waals surface area contributed by atoms with E-state index in [1.165, 1.54) is 64.2 Å². The standard InChI is InChI=1S/C28H51N8O2P/c29-26-20-27(36-15-5-14-35(16-17-36)18-19-39(37)38)34-28(33-26)32-22-24-10-8-23(9-11-24)21-30-12-4-13-31-25-6-2-1-3-7-25/h20,23-25,30-31H,1-19,21-22H2,(H3-,29,32,33,34,37,38)/p+1. The van der Waals surface area contributed by atoms with Crippen molar-refractivity contribution in [2.75, 3.05) is 81.0 Å². The SMILES string of the molecule is Nc1cc(N2CCCN(CC[P+](=O)O)CC2)nc(NCC2CCC(CNCCCNC3CCCCC3)CC2)n1. The molecule has 1 atom stereocenters. The summed E-state index contributed by atoms with van der Waals surface area (Å²) in [5.74, 6) is 3.42. The van der Waals surface area contributed by atoms with Gasteiger partial charge >= 0.3 is 8.03 Å². The number of nitrogens with two attached hydrogens (primary N) is 1. The first kappa shape index (κ1) is 30.4. The van der Waals surface area contributed by atoms with Gasteiger partial charge in [0.15, 0.2) is 6.16 Å². The van der Waals surface area contributed by atoms with Gasteiger partial charge < -0.3 is 26.6 Å². The predicted octanol–water partition coefficient (Wildman–Crippen LogP) is 3.43. The molecule has 0 amide bonds. The van der Waals surface area contributed by atoms with Crippen molar-refractivity contribution in [2.45, 2.75) is 76.7 Å². The minimum absolute atomic E-state index is 0.334. The summed E-state index contributed by atoms with van der Waals surface area (Å²) in [5, 5.41) is 10.9. The molecule has 10 nitrogen and oxygen atoms in total. The van der Waals surface area contributed by atoms with Crippen LogP contribution in [0.15, 0.2) is 6.07 Å². The third kappa shape index (κ3) is 11.1. The fraction of sp³-hybridized carbons (Fsp3) is 0.857. The van der Waals surface area contributed by atoms with Gasteiger partial charge in [0.25, 0.3) is 0 Å². The summed E-state index contributed by atoms with van der Waals surface area (Å²) < 4.78 is 11.1. The van der Waals surface area contributed by atoms with Crippen LogP contribution in [0.2, 0.25) is 0 Å². The van der Waals surface area contributed by atoms with Crippen molar-refractivity contribution in [3.05, 3.63) is 6.07 Å². The van der Waals surface area contributed by atoms with E-state index in [1.807, 2.05) is 6.07 Å². The molecule has 220 valence electrons. The van der Waals surface area contributed by atoms with E-state index in [2.05, 4.69) is 30.7 Å². The third-order valence-corrected chi connectivity index (χ3v) is 9.35. The van der Waals surface area contributed by atoms with E-state index >= 15 is 0 Å². The summed E-state index contributed by atoms with van der Waals surface area (Å²) >= 11 is 0. The monoisotopic (exact) mass is 563 g/mol. The largest absolute Gasteiger partial charge is 0.506 e. The van der Waals surface area contributed by atoms with Gasteiger partial charge in [0.05, 0.1) is 0 Å². The Labute approximate surface area is 236 Å². The molecule has 1 aromatic heterocycles. The van der Waals surface area contributed by atoms with Crippen LogP contribution in [0.4, 0.5) is 17.6 Å². The Morgan fingerprint density at radius 1 is 0.923 bits per heavy atom. The van der Waals surface area contributed by atoms with Crippen molar-refractivity contribution in [1.82, 2.24) is 25.5 Å². The lowest BCUT2D eigenvalue weighted by Crippen LogP contribution is -2.34. The van der Waals surface area contributed by atoms with Crippen LogP contribution in [0, 0.1) is 11.8 Å². The van der Waals surface area contributed by atoms with Crippen molar-refractivity contribution >= 4 is 25.6 Å². The Kier molecular flexibility index (Phi) is 13.0. The molecule has 0 spiro atoms. The third-order valence-electron chi connectivity index (χ3n) is 8.77. The Bertz CT molecular complexity index is 864. The maximum Gasteiger partial charge on any atom is 0.506 e. The smallest absolute Gasteiger partial charge is 0.383 e. The minimum Gasteiger partial charge on any atom is -0.383 e. The summed E-state index contributed by atoms with van der Waals surface area (Å²) in [7, 11) is -2.07. The van der Waals surface area contributed by atoms with Crippen LogP contribution in [0.3, 0.4) is 0 Å². The highest BCUT2D eigenvalue weighted by atomic mass is 31.1. The van der Waals surface area contributed by atoms with E-state index in [1.54, 1.807) is 0 Å². The lowest BCUT2D eigenvalue weighted by atomic mass is 9.82. The molecule has 11 heteroatoms.